The standard InChI is InChI=1S/C14H14F2N2O/c1-8-4-10(12(16)5-11(8)15)14-13(18-7-19-14)6-17-9-2-3-9/h4-5,7,9,17H,2-3,6H2,1H3. The Kier molecular flexibility index (Phi) is 3.06. The normalized spacial score (nSPS) is 14.9. The minimum atomic E-state index is -0.632. The Morgan fingerprint density at radius 3 is 2.84 bits per heavy atom. The van der Waals surface area contributed by atoms with E-state index in [1.807, 2.05) is 0 Å². The molecule has 0 saturated heterocycles. The first-order chi connectivity index (χ1) is 9.15. The molecule has 3 rings (SSSR count). The molecule has 0 amide bonds. The summed E-state index contributed by atoms with van der Waals surface area (Å²) < 4.78 is 32.4. The van der Waals surface area contributed by atoms with Gasteiger partial charge >= 0.3 is 0 Å². The van der Waals surface area contributed by atoms with Gasteiger partial charge in [0.2, 0.25) is 0 Å². The lowest BCUT2D eigenvalue weighted by molar-refractivity contribution is 0.550. The zero-order valence-corrected chi connectivity index (χ0v) is 10.5. The van der Waals surface area contributed by atoms with Crippen molar-refractivity contribution >= 4 is 0 Å². The first-order valence-electron chi connectivity index (χ1n) is 6.27. The van der Waals surface area contributed by atoms with Crippen LogP contribution in [0.4, 0.5) is 8.78 Å². The molecule has 1 aromatic carbocycles. The number of oxazole rings is 1. The molecule has 5 heteroatoms. The van der Waals surface area contributed by atoms with Crippen LogP contribution in [0, 0.1) is 18.6 Å². The summed E-state index contributed by atoms with van der Waals surface area (Å²) in [5.41, 5.74) is 1.29. The summed E-state index contributed by atoms with van der Waals surface area (Å²) in [4.78, 5) is 4.10. The molecule has 19 heavy (non-hydrogen) atoms. The van der Waals surface area contributed by atoms with Crippen LogP contribution in [0.25, 0.3) is 11.3 Å². The second-order valence-electron chi connectivity index (χ2n) is 4.86. The van der Waals surface area contributed by atoms with Gasteiger partial charge in [-0.25, -0.2) is 13.8 Å². The summed E-state index contributed by atoms with van der Waals surface area (Å²) >= 11 is 0. The highest BCUT2D eigenvalue weighted by Gasteiger charge is 2.22. The van der Waals surface area contributed by atoms with E-state index in [-0.39, 0.29) is 5.56 Å². The molecule has 1 saturated carbocycles. The molecular weight excluding hydrogens is 250 g/mol. The van der Waals surface area contributed by atoms with Gasteiger partial charge in [0.25, 0.3) is 0 Å². The van der Waals surface area contributed by atoms with Gasteiger partial charge in [-0.05, 0) is 31.4 Å². The summed E-state index contributed by atoms with van der Waals surface area (Å²) in [5, 5.41) is 3.30. The number of halogens is 2. The van der Waals surface area contributed by atoms with Gasteiger partial charge in [0.05, 0.1) is 5.56 Å². The van der Waals surface area contributed by atoms with Gasteiger partial charge in [-0.1, -0.05) is 0 Å². The molecule has 1 aliphatic carbocycles. The summed E-state index contributed by atoms with van der Waals surface area (Å²) in [5.74, 6) is -0.820. The monoisotopic (exact) mass is 264 g/mol. The number of rotatable bonds is 4. The number of nitrogens with zero attached hydrogens (tertiary/aromatic N) is 1. The molecule has 1 heterocycles. The quantitative estimate of drug-likeness (QED) is 0.921. The van der Waals surface area contributed by atoms with E-state index in [1.165, 1.54) is 12.5 Å². The van der Waals surface area contributed by atoms with Gasteiger partial charge in [-0.2, -0.15) is 0 Å². The fourth-order valence-electron chi connectivity index (χ4n) is 1.97. The topological polar surface area (TPSA) is 38.1 Å². The summed E-state index contributed by atoms with van der Waals surface area (Å²) in [6.07, 6.45) is 3.62. The molecule has 1 N–H and O–H groups in total. The third-order valence-corrected chi connectivity index (χ3v) is 3.27. The number of nitrogens with one attached hydrogen (secondary N) is 1. The van der Waals surface area contributed by atoms with Crippen molar-refractivity contribution in [2.75, 3.05) is 0 Å². The molecule has 1 aliphatic rings. The molecule has 1 fully saturated rings. The van der Waals surface area contributed by atoms with Gasteiger partial charge in [-0.15, -0.1) is 0 Å². The molecule has 0 spiro atoms. The number of aryl methyl sites for hydroxylation is 1. The molecule has 0 atom stereocenters. The molecule has 1 aromatic heterocycles. The van der Waals surface area contributed by atoms with Gasteiger partial charge in [0.1, 0.15) is 17.3 Å². The van der Waals surface area contributed by atoms with Crippen molar-refractivity contribution in [2.24, 2.45) is 0 Å². The van der Waals surface area contributed by atoms with Crippen molar-refractivity contribution in [2.45, 2.75) is 32.4 Å². The summed E-state index contributed by atoms with van der Waals surface area (Å²) in [6, 6.07) is 2.86. The maximum absolute atomic E-state index is 13.8. The van der Waals surface area contributed by atoms with E-state index in [4.69, 9.17) is 4.42 Å². The van der Waals surface area contributed by atoms with Crippen molar-refractivity contribution in [1.29, 1.82) is 0 Å². The van der Waals surface area contributed by atoms with Crippen LogP contribution in [0.3, 0.4) is 0 Å². The Bertz CT molecular complexity index is 605. The average molecular weight is 264 g/mol. The highest BCUT2D eigenvalue weighted by Crippen LogP contribution is 2.29. The highest BCUT2D eigenvalue weighted by atomic mass is 19.1. The SMILES string of the molecule is Cc1cc(-c2ocnc2CNC2CC2)c(F)cc1F. The van der Waals surface area contributed by atoms with Gasteiger partial charge < -0.3 is 9.73 Å². The summed E-state index contributed by atoms with van der Waals surface area (Å²) in [7, 11) is 0. The van der Waals surface area contributed by atoms with Gasteiger partial charge in [0.15, 0.2) is 12.2 Å². The maximum atomic E-state index is 13.8. The van der Waals surface area contributed by atoms with E-state index in [1.54, 1.807) is 6.92 Å². The Labute approximate surface area is 109 Å². The minimum absolute atomic E-state index is 0.254. The van der Waals surface area contributed by atoms with Gasteiger partial charge in [-0.3, -0.25) is 0 Å². The Hall–Kier alpha value is -1.75. The van der Waals surface area contributed by atoms with Crippen LogP contribution in [0.5, 0.6) is 0 Å². The van der Waals surface area contributed by atoms with Gasteiger partial charge in [0, 0.05) is 18.7 Å². The van der Waals surface area contributed by atoms with E-state index in [0.29, 0.717) is 29.6 Å². The van der Waals surface area contributed by atoms with Crippen LogP contribution in [-0.4, -0.2) is 11.0 Å². The highest BCUT2D eigenvalue weighted by molar-refractivity contribution is 5.61. The zero-order valence-electron chi connectivity index (χ0n) is 10.5. The fourth-order valence-corrected chi connectivity index (χ4v) is 1.97. The van der Waals surface area contributed by atoms with Crippen LogP contribution >= 0.6 is 0 Å². The fraction of sp³-hybridized carbons (Fsp3) is 0.357. The largest absolute Gasteiger partial charge is 0.443 e. The number of hydrogen-bond acceptors (Lipinski definition) is 3. The third-order valence-electron chi connectivity index (χ3n) is 3.27. The van der Waals surface area contributed by atoms with Crippen molar-refractivity contribution < 1.29 is 13.2 Å². The van der Waals surface area contributed by atoms with Crippen LogP contribution in [0.2, 0.25) is 0 Å². The van der Waals surface area contributed by atoms with E-state index in [0.717, 1.165) is 18.9 Å². The molecule has 2 aromatic rings. The second-order valence-corrected chi connectivity index (χ2v) is 4.86. The Balaban J connectivity index is 1.92. The lowest BCUT2D eigenvalue weighted by Gasteiger charge is -2.06. The first kappa shape index (κ1) is 12.3. The molecule has 0 bridgehead atoms. The van der Waals surface area contributed by atoms with Crippen molar-refractivity contribution in [3.8, 4) is 11.3 Å². The van der Waals surface area contributed by atoms with Crippen LogP contribution in [0.15, 0.2) is 22.9 Å². The third kappa shape index (κ3) is 2.51. The number of aromatic nitrogens is 1. The molecule has 0 aliphatic heterocycles. The minimum Gasteiger partial charge on any atom is -0.443 e. The molecular formula is C14H14F2N2O. The van der Waals surface area contributed by atoms with Crippen LogP contribution < -0.4 is 5.32 Å². The number of benzene rings is 1. The lowest BCUT2D eigenvalue weighted by atomic mass is 10.1. The average Bonchev–Trinajstić information content (AvgIpc) is 3.09. The maximum Gasteiger partial charge on any atom is 0.181 e. The smallest absolute Gasteiger partial charge is 0.181 e. The predicted molar refractivity (Wildman–Crippen MR) is 66.5 cm³/mol. The van der Waals surface area contributed by atoms with Crippen molar-refractivity contribution in [3.63, 3.8) is 0 Å². The van der Waals surface area contributed by atoms with Crippen molar-refractivity contribution in [1.82, 2.24) is 10.3 Å². The number of hydrogen-bond donors (Lipinski definition) is 1. The first-order valence-corrected chi connectivity index (χ1v) is 6.27. The van der Waals surface area contributed by atoms with Crippen LogP contribution in [-0.2, 0) is 6.54 Å². The van der Waals surface area contributed by atoms with E-state index >= 15 is 0 Å². The molecule has 0 radical (unpaired) electrons. The Morgan fingerprint density at radius 2 is 2.11 bits per heavy atom. The van der Waals surface area contributed by atoms with Crippen LogP contribution in [0.1, 0.15) is 24.1 Å². The molecule has 0 unspecified atom stereocenters. The van der Waals surface area contributed by atoms with E-state index in [2.05, 4.69) is 10.3 Å². The Morgan fingerprint density at radius 1 is 1.32 bits per heavy atom. The molecule has 3 nitrogen and oxygen atoms in total. The predicted octanol–water partition coefficient (Wildman–Crippen LogP) is 3.18. The molecule has 100 valence electrons. The van der Waals surface area contributed by atoms with E-state index < -0.39 is 11.6 Å². The zero-order chi connectivity index (χ0) is 13.4. The van der Waals surface area contributed by atoms with Crippen molar-refractivity contribution in [3.05, 3.63) is 41.4 Å². The lowest BCUT2D eigenvalue weighted by Crippen LogP contribution is -2.16. The second kappa shape index (κ2) is 4.74. The van der Waals surface area contributed by atoms with E-state index in [9.17, 15) is 8.78 Å². The summed E-state index contributed by atoms with van der Waals surface area (Å²) in [6.45, 7) is 2.13.